The molecule has 1 fully saturated rings. The third-order valence-corrected chi connectivity index (χ3v) is 11.1. The van der Waals surface area contributed by atoms with Gasteiger partial charge in [-0.2, -0.15) is 0 Å². The van der Waals surface area contributed by atoms with Gasteiger partial charge in [0.15, 0.2) is 0 Å². The Morgan fingerprint density at radius 2 is 1.55 bits per heavy atom. The van der Waals surface area contributed by atoms with Crippen molar-refractivity contribution in [3.8, 4) is 0 Å². The molecule has 1 saturated heterocycles. The van der Waals surface area contributed by atoms with E-state index in [2.05, 4.69) is 49.4 Å². The zero-order chi connectivity index (χ0) is 46.4. The van der Waals surface area contributed by atoms with Crippen LogP contribution in [0.5, 0.6) is 0 Å². The summed E-state index contributed by atoms with van der Waals surface area (Å²) in [7, 11) is 3.36. The van der Waals surface area contributed by atoms with E-state index < -0.39 is 35.9 Å². The minimum absolute atomic E-state index is 0.0456. The van der Waals surface area contributed by atoms with Crippen LogP contribution in [0.1, 0.15) is 70.6 Å². The fraction of sp³-hybridized carbons (Fsp3) is 0.565. The van der Waals surface area contributed by atoms with Gasteiger partial charge in [0.2, 0.25) is 29.5 Å². The molecule has 0 bridgehead atoms. The second-order valence-electron chi connectivity index (χ2n) is 16.2. The van der Waals surface area contributed by atoms with Crippen LogP contribution in [-0.4, -0.2) is 140 Å². The lowest BCUT2D eigenvalue weighted by Crippen LogP contribution is -2.54. The van der Waals surface area contributed by atoms with Gasteiger partial charge in [-0.25, -0.2) is 4.79 Å². The Balaban J connectivity index is 1.29. The number of fused-ring (bicyclic) bond motifs is 1. The zero-order valence-electron chi connectivity index (χ0n) is 38.0. The maximum atomic E-state index is 13.8. The van der Waals surface area contributed by atoms with Gasteiger partial charge in [-0.3, -0.25) is 24.0 Å². The number of aryl methyl sites for hydroxylation is 1. The van der Waals surface area contributed by atoms with Crippen molar-refractivity contribution in [1.29, 1.82) is 0 Å². The third kappa shape index (κ3) is 16.2. The molecule has 6 amide bonds. The maximum Gasteiger partial charge on any atom is 0.407 e. The number of aliphatic hydroxyl groups is 1. The summed E-state index contributed by atoms with van der Waals surface area (Å²) in [5.41, 5.74) is 3.40. The van der Waals surface area contributed by atoms with Crippen molar-refractivity contribution in [2.24, 2.45) is 5.92 Å². The van der Waals surface area contributed by atoms with Crippen LogP contribution in [-0.2, 0) is 57.9 Å². The fourth-order valence-electron chi connectivity index (χ4n) is 7.48. The van der Waals surface area contributed by atoms with Crippen molar-refractivity contribution in [2.75, 3.05) is 72.1 Å². The van der Waals surface area contributed by atoms with E-state index in [9.17, 15) is 28.8 Å². The Hall–Kier alpha value is -5.56. The molecule has 2 atom stereocenters. The molecular formula is C46H68N8O10. The molecule has 0 aliphatic carbocycles. The van der Waals surface area contributed by atoms with Crippen LogP contribution < -0.4 is 26.6 Å². The molecule has 0 saturated carbocycles. The average molecular weight is 893 g/mol. The highest BCUT2D eigenvalue weighted by Crippen LogP contribution is 2.23. The maximum absolute atomic E-state index is 13.8. The zero-order valence-corrected chi connectivity index (χ0v) is 38.0. The number of piperidine rings is 1. The quantitative estimate of drug-likeness (QED) is 0.0644. The summed E-state index contributed by atoms with van der Waals surface area (Å²) in [6.45, 7) is 9.05. The lowest BCUT2D eigenvalue weighted by molar-refractivity contribution is -0.139. The standard InChI is InChI=1S/C46H68N8O10/c1-32(2)43(45(60)49-33(3)44(59)50-36-13-11-34(12-14-36)31-64-46(61)48-5)51-40(56)15-16-42(58)54(23-26-63-28-27-62-25-8-24-55)37-17-20-52(21-18-37)41(57)19-22-53-38(30-47-4)29-35-9-6-7-10-39(35)53/h6-7,9-14,29,32-33,37,43,47,55H,8,15-28,30-31H2,1-5H3,(H,48,61)(H,49,60)(H,50,59)(H,51,56). The van der Waals surface area contributed by atoms with Crippen molar-refractivity contribution in [3.63, 3.8) is 0 Å². The molecule has 3 aromatic rings. The number of hydrogen-bond donors (Lipinski definition) is 6. The van der Waals surface area contributed by atoms with Crippen LogP contribution in [0, 0.1) is 5.92 Å². The number of likely N-dealkylation sites (tertiary alicyclic amines) is 1. The molecule has 4 rings (SSSR count). The normalized spacial score (nSPS) is 13.9. The smallest absolute Gasteiger partial charge is 0.407 e. The summed E-state index contributed by atoms with van der Waals surface area (Å²) in [6, 6.07) is 14.9. The number of nitrogens with zero attached hydrogens (tertiary/aromatic N) is 3. The first kappa shape index (κ1) is 51.1. The lowest BCUT2D eigenvalue weighted by atomic mass is 10.0. The average Bonchev–Trinajstić information content (AvgIpc) is 3.64. The molecule has 1 aliphatic heterocycles. The van der Waals surface area contributed by atoms with Crippen molar-refractivity contribution >= 4 is 52.2 Å². The van der Waals surface area contributed by atoms with E-state index in [0.29, 0.717) is 77.4 Å². The van der Waals surface area contributed by atoms with E-state index in [1.54, 1.807) is 43.0 Å². The predicted octanol–water partition coefficient (Wildman–Crippen LogP) is 2.91. The highest BCUT2D eigenvalue weighted by atomic mass is 16.5. The van der Waals surface area contributed by atoms with E-state index in [1.165, 1.54) is 14.0 Å². The Kier molecular flexibility index (Phi) is 21.5. The topological polar surface area (TPSA) is 222 Å². The predicted molar refractivity (Wildman–Crippen MR) is 242 cm³/mol. The Morgan fingerprint density at radius 1 is 0.844 bits per heavy atom. The largest absolute Gasteiger partial charge is 0.445 e. The molecule has 2 unspecified atom stereocenters. The highest BCUT2D eigenvalue weighted by molar-refractivity contribution is 5.98. The summed E-state index contributed by atoms with van der Waals surface area (Å²) in [5, 5.41) is 23.9. The van der Waals surface area contributed by atoms with Gasteiger partial charge in [-0.15, -0.1) is 0 Å². The molecule has 2 heterocycles. The van der Waals surface area contributed by atoms with E-state index in [0.717, 1.165) is 22.2 Å². The summed E-state index contributed by atoms with van der Waals surface area (Å²) in [6.07, 6.45) is 1.22. The van der Waals surface area contributed by atoms with Gasteiger partial charge in [0.1, 0.15) is 18.7 Å². The van der Waals surface area contributed by atoms with Gasteiger partial charge in [0.25, 0.3) is 0 Å². The first-order chi connectivity index (χ1) is 30.8. The first-order valence-corrected chi connectivity index (χ1v) is 22.2. The minimum Gasteiger partial charge on any atom is -0.445 e. The Labute approximate surface area is 376 Å². The third-order valence-electron chi connectivity index (χ3n) is 11.1. The lowest BCUT2D eigenvalue weighted by Gasteiger charge is -2.39. The van der Waals surface area contributed by atoms with Crippen LogP contribution >= 0.6 is 0 Å². The van der Waals surface area contributed by atoms with Crippen molar-refractivity contribution < 1.29 is 48.1 Å². The molecule has 18 heteroatoms. The molecule has 1 aliphatic rings. The van der Waals surface area contributed by atoms with Gasteiger partial charge < -0.3 is 60.3 Å². The van der Waals surface area contributed by atoms with E-state index in [-0.39, 0.29) is 63.0 Å². The van der Waals surface area contributed by atoms with Gasteiger partial charge in [0, 0.05) is 95.2 Å². The van der Waals surface area contributed by atoms with Gasteiger partial charge in [0.05, 0.1) is 19.8 Å². The van der Waals surface area contributed by atoms with Crippen molar-refractivity contribution in [1.82, 2.24) is 35.6 Å². The number of carbonyl (C=O) groups is 6. The number of rotatable bonds is 26. The number of carbonyl (C=O) groups excluding carboxylic acids is 6. The summed E-state index contributed by atoms with van der Waals surface area (Å²) in [5.74, 6) is -2.00. The number of benzene rings is 2. The molecular weight excluding hydrogens is 825 g/mol. The SMILES string of the molecule is CNCc1cc2ccccc2n1CCC(=O)N1CCC(N(CCOCCOCCCO)C(=O)CCC(=O)NC(C(=O)NC(C)C(=O)Nc2ccc(COC(=O)NC)cc2)C(C)C)CC1. The molecule has 0 radical (unpaired) electrons. The molecule has 352 valence electrons. The van der Waals surface area contributed by atoms with Crippen LogP contribution in [0.2, 0.25) is 0 Å². The molecule has 6 N–H and O–H groups in total. The van der Waals surface area contributed by atoms with E-state index in [4.69, 9.17) is 19.3 Å². The molecule has 18 nitrogen and oxygen atoms in total. The van der Waals surface area contributed by atoms with Crippen LogP contribution in [0.4, 0.5) is 10.5 Å². The summed E-state index contributed by atoms with van der Waals surface area (Å²) < 4.78 is 18.5. The number of para-hydroxylation sites is 1. The van der Waals surface area contributed by atoms with Crippen LogP contribution in [0.25, 0.3) is 10.9 Å². The molecule has 0 spiro atoms. The molecule has 64 heavy (non-hydrogen) atoms. The second kappa shape index (κ2) is 26.9. The monoisotopic (exact) mass is 893 g/mol. The fourth-order valence-corrected chi connectivity index (χ4v) is 7.48. The number of aliphatic hydroxyl groups excluding tert-OH is 1. The van der Waals surface area contributed by atoms with Crippen molar-refractivity contribution in [2.45, 2.75) is 97.1 Å². The van der Waals surface area contributed by atoms with E-state index >= 15 is 0 Å². The summed E-state index contributed by atoms with van der Waals surface area (Å²) in [4.78, 5) is 81.9. The number of aromatic nitrogens is 1. The number of ether oxygens (including phenoxy) is 3. The number of alkyl carbamates (subject to hydrolysis) is 1. The highest BCUT2D eigenvalue weighted by Gasteiger charge is 2.31. The van der Waals surface area contributed by atoms with E-state index in [1.807, 2.05) is 24.1 Å². The van der Waals surface area contributed by atoms with Crippen LogP contribution in [0.3, 0.4) is 0 Å². The molecule has 1 aromatic heterocycles. The van der Waals surface area contributed by atoms with Crippen molar-refractivity contribution in [3.05, 3.63) is 65.9 Å². The summed E-state index contributed by atoms with van der Waals surface area (Å²) >= 11 is 0. The number of amides is 6. The van der Waals surface area contributed by atoms with Gasteiger partial charge in [-0.1, -0.05) is 44.2 Å². The second-order valence-corrected chi connectivity index (χ2v) is 16.2. The van der Waals surface area contributed by atoms with Crippen LogP contribution in [0.15, 0.2) is 54.6 Å². The minimum atomic E-state index is -0.963. The number of hydrogen-bond acceptors (Lipinski definition) is 11. The Bertz CT molecular complexity index is 1960. The Morgan fingerprint density at radius 3 is 2.22 bits per heavy atom. The van der Waals surface area contributed by atoms with Gasteiger partial charge >= 0.3 is 6.09 Å². The number of anilines is 1. The van der Waals surface area contributed by atoms with Gasteiger partial charge in [-0.05, 0) is 74.4 Å². The first-order valence-electron chi connectivity index (χ1n) is 22.2. The molecule has 2 aromatic carbocycles. The number of nitrogens with one attached hydrogen (secondary N) is 5.